The molecule has 0 unspecified atom stereocenters. The SMILES string of the molecule is O=C(COc1ccccc1)N1CCC(CNS(=O)(=O)Cc2cccc(F)c2)CC1. The summed E-state index contributed by atoms with van der Waals surface area (Å²) in [5.74, 6) is 0.0450. The number of sulfonamides is 1. The summed E-state index contributed by atoms with van der Waals surface area (Å²) in [5, 5.41) is 0. The van der Waals surface area contributed by atoms with Crippen molar-refractivity contribution in [3.05, 3.63) is 66.0 Å². The second-order valence-electron chi connectivity index (χ2n) is 7.16. The summed E-state index contributed by atoms with van der Waals surface area (Å²) in [7, 11) is -3.54. The number of ether oxygens (including phenoxy) is 1. The van der Waals surface area contributed by atoms with E-state index in [2.05, 4.69) is 4.72 Å². The van der Waals surface area contributed by atoms with Gasteiger partial charge in [-0.25, -0.2) is 17.5 Å². The summed E-state index contributed by atoms with van der Waals surface area (Å²) in [6, 6.07) is 14.8. The van der Waals surface area contributed by atoms with Gasteiger partial charge in [0.15, 0.2) is 6.61 Å². The molecule has 29 heavy (non-hydrogen) atoms. The van der Waals surface area contributed by atoms with Crippen LogP contribution in [0.2, 0.25) is 0 Å². The average molecular weight is 421 g/mol. The van der Waals surface area contributed by atoms with Crippen molar-refractivity contribution in [3.8, 4) is 5.75 Å². The van der Waals surface area contributed by atoms with Crippen molar-refractivity contribution in [3.63, 3.8) is 0 Å². The van der Waals surface area contributed by atoms with E-state index in [1.807, 2.05) is 18.2 Å². The van der Waals surface area contributed by atoms with Gasteiger partial charge >= 0.3 is 0 Å². The van der Waals surface area contributed by atoms with Crippen molar-refractivity contribution in [1.29, 1.82) is 0 Å². The zero-order valence-corrected chi connectivity index (χ0v) is 16.9. The lowest BCUT2D eigenvalue weighted by molar-refractivity contribution is -0.134. The molecule has 1 saturated heterocycles. The van der Waals surface area contributed by atoms with Crippen molar-refractivity contribution in [2.24, 2.45) is 5.92 Å². The van der Waals surface area contributed by atoms with Gasteiger partial charge in [0.1, 0.15) is 11.6 Å². The molecule has 156 valence electrons. The van der Waals surface area contributed by atoms with Crippen LogP contribution in [-0.2, 0) is 20.6 Å². The number of halogens is 1. The highest BCUT2D eigenvalue weighted by atomic mass is 32.2. The number of amides is 1. The lowest BCUT2D eigenvalue weighted by Gasteiger charge is -2.32. The normalized spacial score (nSPS) is 15.3. The average Bonchev–Trinajstić information content (AvgIpc) is 2.71. The Morgan fingerprint density at radius 2 is 1.83 bits per heavy atom. The van der Waals surface area contributed by atoms with E-state index in [1.54, 1.807) is 23.1 Å². The first kappa shape index (κ1) is 21.3. The minimum atomic E-state index is -3.54. The number of para-hydroxylation sites is 1. The van der Waals surface area contributed by atoms with Crippen molar-refractivity contribution in [2.75, 3.05) is 26.2 Å². The molecule has 0 bridgehead atoms. The number of piperidine rings is 1. The molecule has 6 nitrogen and oxygen atoms in total. The molecule has 0 atom stereocenters. The van der Waals surface area contributed by atoms with Crippen molar-refractivity contribution >= 4 is 15.9 Å². The van der Waals surface area contributed by atoms with Gasteiger partial charge < -0.3 is 9.64 Å². The van der Waals surface area contributed by atoms with E-state index in [0.29, 0.717) is 30.9 Å². The molecular formula is C21H25FN2O4S. The van der Waals surface area contributed by atoms with E-state index < -0.39 is 15.8 Å². The zero-order valence-electron chi connectivity index (χ0n) is 16.1. The third kappa shape index (κ3) is 6.83. The molecule has 1 N–H and O–H groups in total. The number of carbonyl (C=O) groups is 1. The molecule has 0 spiro atoms. The Morgan fingerprint density at radius 1 is 1.10 bits per heavy atom. The van der Waals surface area contributed by atoms with Gasteiger partial charge in [0.2, 0.25) is 10.0 Å². The van der Waals surface area contributed by atoms with Gasteiger partial charge in [0.25, 0.3) is 5.91 Å². The first-order valence-corrected chi connectivity index (χ1v) is 11.2. The molecule has 1 amide bonds. The third-order valence-corrected chi connectivity index (χ3v) is 6.23. The monoisotopic (exact) mass is 420 g/mol. The number of hydrogen-bond donors (Lipinski definition) is 1. The van der Waals surface area contributed by atoms with Gasteiger partial charge in [-0.15, -0.1) is 0 Å². The zero-order chi connectivity index (χ0) is 20.7. The molecule has 1 aliphatic rings. The lowest BCUT2D eigenvalue weighted by Crippen LogP contribution is -2.43. The Morgan fingerprint density at radius 3 is 2.52 bits per heavy atom. The molecule has 2 aromatic carbocycles. The minimum absolute atomic E-state index is 0.00502. The van der Waals surface area contributed by atoms with E-state index in [0.717, 1.165) is 12.8 Å². The van der Waals surface area contributed by atoms with Crippen molar-refractivity contribution in [1.82, 2.24) is 9.62 Å². The molecule has 2 aromatic rings. The number of likely N-dealkylation sites (tertiary alicyclic amines) is 1. The maximum absolute atomic E-state index is 13.2. The molecule has 1 aliphatic heterocycles. The van der Waals surface area contributed by atoms with Crippen LogP contribution in [-0.4, -0.2) is 45.5 Å². The highest BCUT2D eigenvalue weighted by molar-refractivity contribution is 7.88. The molecule has 0 saturated carbocycles. The van der Waals surface area contributed by atoms with Crippen LogP contribution >= 0.6 is 0 Å². The highest BCUT2D eigenvalue weighted by Crippen LogP contribution is 2.18. The predicted molar refractivity (Wildman–Crippen MR) is 108 cm³/mol. The maximum Gasteiger partial charge on any atom is 0.260 e. The number of rotatable bonds is 8. The van der Waals surface area contributed by atoms with Crippen LogP contribution in [0.15, 0.2) is 54.6 Å². The predicted octanol–water partition coefficient (Wildman–Crippen LogP) is 2.56. The van der Waals surface area contributed by atoms with Crippen LogP contribution in [0.3, 0.4) is 0 Å². The van der Waals surface area contributed by atoms with Crippen LogP contribution < -0.4 is 9.46 Å². The Labute approximate surface area is 170 Å². The molecule has 8 heteroatoms. The maximum atomic E-state index is 13.2. The van der Waals surface area contributed by atoms with Crippen LogP contribution in [0, 0.1) is 11.7 Å². The van der Waals surface area contributed by atoms with Gasteiger partial charge in [-0.2, -0.15) is 0 Å². The van der Waals surface area contributed by atoms with Crippen LogP contribution in [0.25, 0.3) is 0 Å². The number of benzene rings is 2. The van der Waals surface area contributed by atoms with E-state index in [1.165, 1.54) is 18.2 Å². The quantitative estimate of drug-likeness (QED) is 0.712. The number of hydrogen-bond acceptors (Lipinski definition) is 4. The van der Waals surface area contributed by atoms with E-state index in [4.69, 9.17) is 4.74 Å². The highest BCUT2D eigenvalue weighted by Gasteiger charge is 2.24. The van der Waals surface area contributed by atoms with Gasteiger partial charge in [-0.05, 0) is 48.6 Å². The van der Waals surface area contributed by atoms with Gasteiger partial charge in [0, 0.05) is 19.6 Å². The van der Waals surface area contributed by atoms with Crippen LogP contribution in [0.5, 0.6) is 5.75 Å². The molecule has 0 radical (unpaired) electrons. The Balaban J connectivity index is 1.39. The Hall–Kier alpha value is -2.45. The largest absolute Gasteiger partial charge is 0.484 e. The van der Waals surface area contributed by atoms with Gasteiger partial charge in [-0.3, -0.25) is 4.79 Å². The van der Waals surface area contributed by atoms with E-state index in [-0.39, 0.29) is 24.2 Å². The minimum Gasteiger partial charge on any atom is -0.484 e. The van der Waals surface area contributed by atoms with Gasteiger partial charge in [0.05, 0.1) is 5.75 Å². The summed E-state index contributed by atoms with van der Waals surface area (Å²) < 4.78 is 45.8. The number of carbonyl (C=O) groups excluding carboxylic acids is 1. The van der Waals surface area contributed by atoms with Crippen molar-refractivity contribution < 1.29 is 22.3 Å². The van der Waals surface area contributed by atoms with Crippen molar-refractivity contribution in [2.45, 2.75) is 18.6 Å². The smallest absolute Gasteiger partial charge is 0.260 e. The lowest BCUT2D eigenvalue weighted by atomic mass is 9.97. The van der Waals surface area contributed by atoms with Crippen LogP contribution in [0.4, 0.5) is 4.39 Å². The Kier molecular flexibility index (Phi) is 7.22. The second kappa shape index (κ2) is 9.84. The first-order valence-electron chi connectivity index (χ1n) is 9.59. The molecule has 0 aliphatic carbocycles. The second-order valence-corrected chi connectivity index (χ2v) is 8.97. The molecule has 3 rings (SSSR count). The fraction of sp³-hybridized carbons (Fsp3) is 0.381. The number of nitrogens with zero attached hydrogens (tertiary/aromatic N) is 1. The molecule has 1 fully saturated rings. The van der Waals surface area contributed by atoms with Gasteiger partial charge in [-0.1, -0.05) is 30.3 Å². The fourth-order valence-electron chi connectivity index (χ4n) is 3.28. The third-order valence-electron chi connectivity index (χ3n) is 4.91. The molecule has 1 heterocycles. The number of nitrogens with one attached hydrogen (secondary N) is 1. The molecule has 0 aromatic heterocycles. The first-order chi connectivity index (χ1) is 13.9. The summed E-state index contributed by atoms with van der Waals surface area (Å²) in [4.78, 5) is 14.0. The summed E-state index contributed by atoms with van der Waals surface area (Å²) >= 11 is 0. The molecular weight excluding hydrogens is 395 g/mol. The summed E-state index contributed by atoms with van der Waals surface area (Å²) in [6.07, 6.45) is 1.44. The summed E-state index contributed by atoms with van der Waals surface area (Å²) in [5.41, 5.74) is 0.413. The van der Waals surface area contributed by atoms with E-state index >= 15 is 0 Å². The topological polar surface area (TPSA) is 75.7 Å². The fourth-order valence-corrected chi connectivity index (χ4v) is 4.49. The summed E-state index contributed by atoms with van der Waals surface area (Å²) in [6.45, 7) is 1.47. The van der Waals surface area contributed by atoms with E-state index in [9.17, 15) is 17.6 Å². The standard InChI is InChI=1S/C21H25FN2O4S/c22-19-6-4-5-18(13-19)16-29(26,27)23-14-17-9-11-24(12-10-17)21(25)15-28-20-7-2-1-3-8-20/h1-8,13,17,23H,9-12,14-16H2. The van der Waals surface area contributed by atoms with Crippen LogP contribution in [0.1, 0.15) is 18.4 Å². The Bertz CT molecular complexity index is 913.